The van der Waals surface area contributed by atoms with E-state index in [2.05, 4.69) is 0 Å². The van der Waals surface area contributed by atoms with Crippen LogP contribution in [-0.4, -0.2) is 32.0 Å². The Balaban J connectivity index is 1.72. The summed E-state index contributed by atoms with van der Waals surface area (Å²) in [6.45, 7) is 0. The van der Waals surface area contributed by atoms with Crippen molar-refractivity contribution in [3.8, 4) is 23.0 Å². The molecular formula is C26H18O6S. The third-order valence-electron chi connectivity index (χ3n) is 4.94. The first-order chi connectivity index (χ1) is 15.8. The first kappa shape index (κ1) is 22.0. The Morgan fingerprint density at radius 2 is 0.879 bits per heavy atom. The molecule has 0 aliphatic rings. The highest BCUT2D eigenvalue weighted by Gasteiger charge is 2.21. The monoisotopic (exact) mass is 458 g/mol. The van der Waals surface area contributed by atoms with Crippen LogP contribution in [0.25, 0.3) is 0 Å². The van der Waals surface area contributed by atoms with Gasteiger partial charge in [-0.05, 0) is 12.1 Å². The molecule has 6 nitrogen and oxygen atoms in total. The fraction of sp³-hybridized carbons (Fsp3) is 0. The van der Waals surface area contributed by atoms with Crippen LogP contribution in [0.1, 0.15) is 31.8 Å². The average molecular weight is 458 g/mol. The molecule has 0 aliphatic carbocycles. The Morgan fingerprint density at radius 1 is 0.515 bits per heavy atom. The van der Waals surface area contributed by atoms with Crippen LogP contribution >= 0.6 is 11.8 Å². The molecule has 164 valence electrons. The van der Waals surface area contributed by atoms with E-state index in [-0.39, 0.29) is 43.9 Å². The Hall–Kier alpha value is -4.23. The van der Waals surface area contributed by atoms with Gasteiger partial charge >= 0.3 is 0 Å². The van der Waals surface area contributed by atoms with Crippen molar-refractivity contribution in [3.05, 3.63) is 107 Å². The van der Waals surface area contributed by atoms with Crippen LogP contribution in [0, 0.1) is 0 Å². The standard InChI is InChI=1S/C26H18O6S/c27-19-13-21(29)23(11-17(19)25(31)15-7-3-1-4-8-15)33-24-12-18(20(28)14-22(24)30)26(32)16-9-5-2-6-10-16/h1-14,27-30H. The van der Waals surface area contributed by atoms with Crippen molar-refractivity contribution in [1.29, 1.82) is 0 Å². The van der Waals surface area contributed by atoms with Crippen LogP contribution in [0.4, 0.5) is 0 Å². The zero-order valence-corrected chi connectivity index (χ0v) is 17.9. The molecule has 4 rings (SSSR count). The number of rotatable bonds is 6. The van der Waals surface area contributed by atoms with Crippen molar-refractivity contribution in [2.75, 3.05) is 0 Å². The number of carbonyl (C=O) groups is 2. The number of hydrogen-bond acceptors (Lipinski definition) is 7. The highest BCUT2D eigenvalue weighted by molar-refractivity contribution is 7.99. The number of aromatic hydroxyl groups is 4. The summed E-state index contributed by atoms with van der Waals surface area (Å²) in [7, 11) is 0. The molecule has 0 bridgehead atoms. The third kappa shape index (κ3) is 4.53. The number of carbonyl (C=O) groups excluding carboxylic acids is 2. The molecule has 0 radical (unpaired) electrons. The van der Waals surface area contributed by atoms with Gasteiger partial charge in [0.05, 0.1) is 20.9 Å². The Labute approximate surface area is 193 Å². The molecule has 0 amide bonds. The van der Waals surface area contributed by atoms with Gasteiger partial charge in [0.1, 0.15) is 23.0 Å². The fourth-order valence-electron chi connectivity index (χ4n) is 3.25. The van der Waals surface area contributed by atoms with Gasteiger partial charge < -0.3 is 20.4 Å². The maximum Gasteiger partial charge on any atom is 0.196 e. The molecule has 0 fully saturated rings. The summed E-state index contributed by atoms with van der Waals surface area (Å²) in [6, 6.07) is 21.4. The Bertz CT molecular complexity index is 1250. The predicted molar refractivity (Wildman–Crippen MR) is 123 cm³/mol. The molecule has 4 aromatic rings. The van der Waals surface area contributed by atoms with E-state index in [4.69, 9.17) is 0 Å². The van der Waals surface area contributed by atoms with Gasteiger partial charge in [0.25, 0.3) is 0 Å². The Kier molecular flexibility index (Phi) is 6.06. The molecule has 4 N–H and O–H groups in total. The summed E-state index contributed by atoms with van der Waals surface area (Å²) in [6.07, 6.45) is 0. The molecule has 0 saturated carbocycles. The van der Waals surface area contributed by atoms with Gasteiger partial charge in [0.2, 0.25) is 0 Å². The molecule has 0 heterocycles. The van der Waals surface area contributed by atoms with Crippen molar-refractivity contribution >= 4 is 23.3 Å². The normalized spacial score (nSPS) is 10.7. The lowest BCUT2D eigenvalue weighted by Crippen LogP contribution is -2.02. The molecular weight excluding hydrogens is 440 g/mol. The van der Waals surface area contributed by atoms with Crippen LogP contribution in [-0.2, 0) is 0 Å². The minimum absolute atomic E-state index is 0.0275. The second-order valence-electron chi connectivity index (χ2n) is 7.17. The van der Waals surface area contributed by atoms with Crippen molar-refractivity contribution in [1.82, 2.24) is 0 Å². The lowest BCUT2D eigenvalue weighted by Gasteiger charge is -2.12. The van der Waals surface area contributed by atoms with E-state index in [1.165, 1.54) is 12.1 Å². The quantitative estimate of drug-likeness (QED) is 0.296. The summed E-state index contributed by atoms with van der Waals surface area (Å²) >= 11 is 0.885. The number of benzene rings is 4. The van der Waals surface area contributed by atoms with Crippen LogP contribution in [0.15, 0.2) is 94.7 Å². The van der Waals surface area contributed by atoms with Crippen molar-refractivity contribution in [3.63, 3.8) is 0 Å². The third-order valence-corrected chi connectivity index (χ3v) is 6.03. The van der Waals surface area contributed by atoms with Gasteiger partial charge in [-0.3, -0.25) is 9.59 Å². The van der Waals surface area contributed by atoms with Gasteiger partial charge in [-0.2, -0.15) is 0 Å². The predicted octanol–water partition coefficient (Wildman–Crippen LogP) is 5.12. The van der Waals surface area contributed by atoms with Gasteiger partial charge in [-0.15, -0.1) is 0 Å². The lowest BCUT2D eigenvalue weighted by molar-refractivity contribution is 0.102. The van der Waals surface area contributed by atoms with Crippen LogP contribution in [0.5, 0.6) is 23.0 Å². The van der Waals surface area contributed by atoms with E-state index in [1.54, 1.807) is 60.7 Å². The minimum Gasteiger partial charge on any atom is -0.507 e. The molecule has 0 saturated heterocycles. The minimum atomic E-state index is -0.440. The number of phenols is 4. The summed E-state index contributed by atoms with van der Waals surface area (Å²) in [5.74, 6) is -2.29. The van der Waals surface area contributed by atoms with Gasteiger partial charge in [0.15, 0.2) is 11.6 Å². The molecule has 0 aromatic heterocycles. The van der Waals surface area contributed by atoms with Gasteiger partial charge in [-0.25, -0.2) is 0 Å². The first-order valence-electron chi connectivity index (χ1n) is 9.84. The summed E-state index contributed by atoms with van der Waals surface area (Å²) in [4.78, 5) is 26.0. The Morgan fingerprint density at radius 3 is 1.24 bits per heavy atom. The molecule has 7 heteroatoms. The summed E-state index contributed by atoms with van der Waals surface area (Å²) < 4.78 is 0. The number of phenolic OH excluding ortho intramolecular Hbond substituents is 4. The van der Waals surface area contributed by atoms with E-state index in [9.17, 15) is 30.0 Å². The lowest BCUT2D eigenvalue weighted by atomic mass is 10.0. The topological polar surface area (TPSA) is 115 Å². The average Bonchev–Trinajstić information content (AvgIpc) is 2.82. The SMILES string of the molecule is O=C(c1ccccc1)c1cc(Sc2cc(C(=O)c3ccccc3)c(O)cc2O)c(O)cc1O. The molecule has 0 spiro atoms. The smallest absolute Gasteiger partial charge is 0.196 e. The molecule has 0 atom stereocenters. The molecule has 4 aromatic carbocycles. The highest BCUT2D eigenvalue weighted by atomic mass is 32.2. The zero-order chi connectivity index (χ0) is 23.5. The number of ketones is 2. The van der Waals surface area contributed by atoms with E-state index >= 15 is 0 Å². The summed E-state index contributed by atoms with van der Waals surface area (Å²) in [5, 5.41) is 41.1. The maximum absolute atomic E-state index is 12.8. The van der Waals surface area contributed by atoms with E-state index in [0.29, 0.717) is 11.1 Å². The van der Waals surface area contributed by atoms with Crippen molar-refractivity contribution in [2.24, 2.45) is 0 Å². The largest absolute Gasteiger partial charge is 0.507 e. The zero-order valence-electron chi connectivity index (χ0n) is 17.1. The van der Waals surface area contributed by atoms with Crippen LogP contribution in [0.2, 0.25) is 0 Å². The maximum atomic E-state index is 12.8. The molecule has 0 aliphatic heterocycles. The molecule has 0 unspecified atom stereocenters. The highest BCUT2D eigenvalue weighted by Crippen LogP contribution is 2.43. The van der Waals surface area contributed by atoms with Crippen molar-refractivity contribution < 1.29 is 30.0 Å². The van der Waals surface area contributed by atoms with E-state index < -0.39 is 11.6 Å². The van der Waals surface area contributed by atoms with Crippen LogP contribution in [0.3, 0.4) is 0 Å². The van der Waals surface area contributed by atoms with Gasteiger partial charge in [-0.1, -0.05) is 72.4 Å². The number of hydrogen-bond donors (Lipinski definition) is 4. The second-order valence-corrected chi connectivity index (χ2v) is 8.25. The molecule has 33 heavy (non-hydrogen) atoms. The van der Waals surface area contributed by atoms with Crippen LogP contribution < -0.4 is 0 Å². The summed E-state index contributed by atoms with van der Waals surface area (Å²) in [5.41, 5.74) is 0.663. The van der Waals surface area contributed by atoms with E-state index in [1.807, 2.05) is 0 Å². The van der Waals surface area contributed by atoms with Crippen molar-refractivity contribution in [2.45, 2.75) is 9.79 Å². The fourth-order valence-corrected chi connectivity index (χ4v) is 4.17. The first-order valence-corrected chi connectivity index (χ1v) is 10.7. The second kappa shape index (κ2) is 9.10. The van der Waals surface area contributed by atoms with E-state index in [0.717, 1.165) is 23.9 Å². The van der Waals surface area contributed by atoms with Gasteiger partial charge in [0, 0.05) is 23.3 Å².